The second-order valence-electron chi connectivity index (χ2n) is 13.5. The van der Waals surface area contributed by atoms with Gasteiger partial charge in [-0.05, 0) is 91.8 Å². The predicted octanol–water partition coefficient (Wildman–Crippen LogP) is 5.34. The molecule has 43 heavy (non-hydrogen) atoms. The van der Waals surface area contributed by atoms with Gasteiger partial charge in [0.05, 0.1) is 18.8 Å². The first-order valence-corrected chi connectivity index (χ1v) is 15.9. The number of anilines is 1. The van der Waals surface area contributed by atoms with Crippen molar-refractivity contribution in [2.45, 2.75) is 87.8 Å². The quantitative estimate of drug-likeness (QED) is 0.340. The summed E-state index contributed by atoms with van der Waals surface area (Å²) in [6.07, 6.45) is 4.43. The molecule has 2 saturated carbocycles. The third-order valence-corrected chi connectivity index (χ3v) is 11.2. The molecule has 4 atom stereocenters. The van der Waals surface area contributed by atoms with Gasteiger partial charge in [0.1, 0.15) is 5.41 Å². The van der Waals surface area contributed by atoms with E-state index in [4.69, 9.17) is 27.9 Å². The van der Waals surface area contributed by atoms with Crippen LogP contribution in [0.4, 0.5) is 5.69 Å². The fraction of sp³-hybridized carbons (Fsp3) is 0.545. The highest BCUT2D eigenvalue weighted by molar-refractivity contribution is 6.31. The number of ether oxygens (including phenoxy) is 1. The van der Waals surface area contributed by atoms with Gasteiger partial charge in [-0.2, -0.15) is 0 Å². The van der Waals surface area contributed by atoms with Crippen LogP contribution >= 0.6 is 23.2 Å². The molecule has 2 spiro atoms. The Morgan fingerprint density at radius 2 is 1.77 bits per heavy atom. The first kappa shape index (κ1) is 30.4. The molecule has 2 aromatic carbocycles. The van der Waals surface area contributed by atoms with Gasteiger partial charge in [-0.3, -0.25) is 9.59 Å². The lowest BCUT2D eigenvalue weighted by molar-refractivity contribution is -0.136. The van der Waals surface area contributed by atoms with Crippen molar-refractivity contribution in [1.29, 1.82) is 0 Å². The zero-order valence-electron chi connectivity index (χ0n) is 24.8. The molecule has 3 fully saturated rings. The number of benzene rings is 2. The minimum absolute atomic E-state index is 0.00340. The lowest BCUT2D eigenvalue weighted by Crippen LogP contribution is -2.64. The van der Waals surface area contributed by atoms with Gasteiger partial charge in [0.25, 0.3) is 0 Å². The minimum atomic E-state index is -1.09. The molecule has 6 rings (SSSR count). The van der Waals surface area contributed by atoms with E-state index in [1.54, 1.807) is 24.3 Å². The summed E-state index contributed by atoms with van der Waals surface area (Å²) in [4.78, 5) is 41.1. The fourth-order valence-corrected chi connectivity index (χ4v) is 8.81. The number of amides is 2. The Kier molecular flexibility index (Phi) is 7.81. The predicted molar refractivity (Wildman–Crippen MR) is 166 cm³/mol. The van der Waals surface area contributed by atoms with Crippen molar-refractivity contribution in [3.05, 3.63) is 63.1 Å². The van der Waals surface area contributed by atoms with Crippen LogP contribution in [-0.4, -0.2) is 54.2 Å². The molecule has 2 aliphatic carbocycles. The molecule has 2 aromatic rings. The van der Waals surface area contributed by atoms with Gasteiger partial charge in [-0.25, -0.2) is 4.79 Å². The summed E-state index contributed by atoms with van der Waals surface area (Å²) < 4.78 is 4.99. The number of hydrogen-bond donors (Lipinski definition) is 4. The third-order valence-electron chi connectivity index (χ3n) is 10.7. The summed E-state index contributed by atoms with van der Waals surface area (Å²) in [5, 5.41) is 21.1. The first-order valence-electron chi connectivity index (χ1n) is 15.1. The summed E-state index contributed by atoms with van der Waals surface area (Å²) in [5.41, 5.74) is 0.418. The molecule has 1 saturated heterocycles. The Morgan fingerprint density at radius 1 is 1.02 bits per heavy atom. The molecular weight excluding hydrogens is 589 g/mol. The van der Waals surface area contributed by atoms with Crippen molar-refractivity contribution in [3.63, 3.8) is 0 Å². The van der Waals surface area contributed by atoms with Crippen molar-refractivity contribution < 1.29 is 24.2 Å². The number of fused-ring (bicyclic) bond motifs is 3. The summed E-state index contributed by atoms with van der Waals surface area (Å²) in [6, 6.07) is 10.7. The van der Waals surface area contributed by atoms with Crippen LogP contribution in [-0.2, 0) is 19.7 Å². The van der Waals surface area contributed by atoms with Crippen molar-refractivity contribution in [2.24, 2.45) is 11.3 Å². The number of halogens is 2. The SMILES string of the molecule is COC(=O)c1cc(Cl)cc([C@H]2CNC3(CCC(C)(C)C(C(=O)N[C@H]4CC[C@H](O)CC4)C3)[C@@]23C(=O)Nc2cc(Cl)ccc23)c1. The van der Waals surface area contributed by atoms with Crippen molar-refractivity contribution in [2.75, 3.05) is 19.0 Å². The highest BCUT2D eigenvalue weighted by atomic mass is 35.5. The van der Waals surface area contributed by atoms with Crippen LogP contribution in [0.5, 0.6) is 0 Å². The molecule has 4 N–H and O–H groups in total. The van der Waals surface area contributed by atoms with Crippen LogP contribution < -0.4 is 16.0 Å². The van der Waals surface area contributed by atoms with Crippen LogP contribution in [0, 0.1) is 11.3 Å². The molecule has 0 radical (unpaired) electrons. The van der Waals surface area contributed by atoms with Gasteiger partial charge in [0.15, 0.2) is 0 Å². The third kappa shape index (κ3) is 4.95. The van der Waals surface area contributed by atoms with Crippen LogP contribution in [0.2, 0.25) is 10.0 Å². The molecule has 0 bridgehead atoms. The monoisotopic (exact) mass is 627 g/mol. The lowest BCUT2D eigenvalue weighted by atomic mass is 9.51. The average molecular weight is 629 g/mol. The van der Waals surface area contributed by atoms with Gasteiger partial charge in [-0.1, -0.05) is 43.1 Å². The van der Waals surface area contributed by atoms with E-state index in [-0.39, 0.29) is 41.2 Å². The van der Waals surface area contributed by atoms with E-state index in [0.717, 1.165) is 30.4 Å². The Labute approximate surface area is 262 Å². The van der Waals surface area contributed by atoms with Crippen molar-refractivity contribution in [3.8, 4) is 0 Å². The first-order chi connectivity index (χ1) is 20.4. The van der Waals surface area contributed by atoms with E-state index in [1.807, 2.05) is 12.1 Å². The molecule has 2 aliphatic heterocycles. The summed E-state index contributed by atoms with van der Waals surface area (Å²) in [7, 11) is 1.32. The number of carbonyl (C=O) groups excluding carboxylic acids is 3. The number of hydrogen-bond acceptors (Lipinski definition) is 6. The molecule has 2 heterocycles. The number of carbonyl (C=O) groups is 3. The van der Waals surface area contributed by atoms with E-state index in [0.29, 0.717) is 53.5 Å². The number of methoxy groups -OCH3 is 1. The molecule has 0 aromatic heterocycles. The fourth-order valence-electron chi connectivity index (χ4n) is 8.39. The number of esters is 1. The van der Waals surface area contributed by atoms with Crippen LogP contribution in [0.3, 0.4) is 0 Å². The van der Waals surface area contributed by atoms with Crippen LogP contribution in [0.25, 0.3) is 0 Å². The largest absolute Gasteiger partial charge is 0.465 e. The van der Waals surface area contributed by atoms with E-state index < -0.39 is 16.9 Å². The number of rotatable bonds is 4. The second kappa shape index (κ2) is 11.1. The van der Waals surface area contributed by atoms with Crippen LogP contribution in [0.1, 0.15) is 86.2 Å². The van der Waals surface area contributed by atoms with Gasteiger partial charge < -0.3 is 25.8 Å². The van der Waals surface area contributed by atoms with Gasteiger partial charge in [0, 0.05) is 45.7 Å². The molecular formula is C33H39Cl2N3O5. The maximum Gasteiger partial charge on any atom is 0.337 e. The van der Waals surface area contributed by atoms with Gasteiger partial charge in [0.2, 0.25) is 11.8 Å². The van der Waals surface area contributed by atoms with Crippen LogP contribution in [0.15, 0.2) is 36.4 Å². The molecule has 230 valence electrons. The maximum atomic E-state index is 14.5. The molecule has 8 nitrogen and oxygen atoms in total. The van der Waals surface area contributed by atoms with E-state index >= 15 is 0 Å². The Balaban J connectivity index is 1.45. The topological polar surface area (TPSA) is 117 Å². The van der Waals surface area contributed by atoms with E-state index in [2.05, 4.69) is 29.8 Å². The highest BCUT2D eigenvalue weighted by Gasteiger charge is 2.70. The smallest absolute Gasteiger partial charge is 0.337 e. The van der Waals surface area contributed by atoms with Gasteiger partial charge in [-0.15, -0.1) is 0 Å². The lowest BCUT2D eigenvalue weighted by Gasteiger charge is -2.53. The summed E-state index contributed by atoms with van der Waals surface area (Å²) in [6.45, 7) is 4.72. The van der Waals surface area contributed by atoms with E-state index in [1.165, 1.54) is 7.11 Å². The summed E-state index contributed by atoms with van der Waals surface area (Å²) >= 11 is 12.9. The summed E-state index contributed by atoms with van der Waals surface area (Å²) in [5.74, 6) is -1.41. The Bertz CT molecular complexity index is 1470. The standard InChI is InChI=1S/C33H39Cl2N3O5/c1-31(2)10-11-32(16-25(31)28(40)37-22-5-7-23(39)8-6-22)33(24-9-4-20(34)15-27(24)38-30(33)42)26(17-36-32)18-12-19(29(41)43-3)14-21(35)13-18/h4,9,12-15,22-23,25-26,36,39H,5-8,10-11,16-17H2,1-3H3,(H,37,40)(H,38,42)/t22-,23-,25?,26-,32?,33-/m1/s1. The van der Waals surface area contributed by atoms with Crippen molar-refractivity contribution in [1.82, 2.24) is 10.6 Å². The maximum absolute atomic E-state index is 14.5. The number of aliphatic hydroxyl groups excluding tert-OH is 1. The zero-order chi connectivity index (χ0) is 30.7. The second-order valence-corrected chi connectivity index (χ2v) is 14.4. The highest BCUT2D eigenvalue weighted by Crippen LogP contribution is 2.63. The number of nitrogens with one attached hydrogen (secondary N) is 3. The normalized spacial score (nSPS) is 32.8. The average Bonchev–Trinajstić information content (AvgIpc) is 3.45. The van der Waals surface area contributed by atoms with E-state index in [9.17, 15) is 19.5 Å². The molecule has 2 amide bonds. The molecule has 10 heteroatoms. The Morgan fingerprint density at radius 3 is 2.49 bits per heavy atom. The molecule has 4 aliphatic rings. The van der Waals surface area contributed by atoms with Gasteiger partial charge >= 0.3 is 5.97 Å². The molecule has 2 unspecified atom stereocenters. The minimum Gasteiger partial charge on any atom is -0.465 e. The number of aliphatic hydroxyl groups is 1. The Hall–Kier alpha value is -2.65. The zero-order valence-corrected chi connectivity index (χ0v) is 26.3. The van der Waals surface area contributed by atoms with Crippen molar-refractivity contribution >= 4 is 46.7 Å².